The predicted molar refractivity (Wildman–Crippen MR) is 58.7 cm³/mol. The minimum atomic E-state index is 0.509. The third kappa shape index (κ3) is 2.40. The number of halogens is 2. The summed E-state index contributed by atoms with van der Waals surface area (Å²) in [6.07, 6.45) is 1.84. The normalized spacial score (nSPS) is 10.6. The fraction of sp³-hybridized carbons (Fsp3) is 0.375. The van der Waals surface area contributed by atoms with Crippen molar-refractivity contribution >= 4 is 38.5 Å². The monoisotopic (exact) mass is 325 g/mol. The fourth-order valence-electron chi connectivity index (χ4n) is 0.850. The fourth-order valence-corrected chi connectivity index (χ4v) is 2.71. The van der Waals surface area contributed by atoms with Gasteiger partial charge in [-0.3, -0.25) is 4.98 Å². The van der Waals surface area contributed by atoms with Crippen LogP contribution < -0.4 is 0 Å². The van der Waals surface area contributed by atoms with Crippen LogP contribution in [0.3, 0.4) is 0 Å². The maximum absolute atomic E-state index is 4.32. The summed E-state index contributed by atoms with van der Waals surface area (Å²) in [5.74, 6) is 0.509. The molecule has 60 valence electrons. The van der Waals surface area contributed by atoms with Crippen LogP contribution in [-0.4, -0.2) is 4.98 Å². The van der Waals surface area contributed by atoms with Gasteiger partial charge in [-0.15, -0.1) is 0 Å². The molecule has 0 saturated carbocycles. The van der Waals surface area contributed by atoms with Gasteiger partial charge >= 0.3 is 0 Å². The molecule has 0 unspecified atom stereocenters. The lowest BCUT2D eigenvalue weighted by molar-refractivity contribution is 0.814. The van der Waals surface area contributed by atoms with Crippen molar-refractivity contribution in [3.63, 3.8) is 0 Å². The molecular weight excluding hydrogens is 317 g/mol. The van der Waals surface area contributed by atoms with Crippen LogP contribution in [0.5, 0.6) is 0 Å². The topological polar surface area (TPSA) is 12.9 Å². The maximum atomic E-state index is 4.32. The molecule has 1 rings (SSSR count). The summed E-state index contributed by atoms with van der Waals surface area (Å²) in [6, 6.07) is 2.09. The third-order valence-corrected chi connectivity index (χ3v) is 2.68. The van der Waals surface area contributed by atoms with Gasteiger partial charge in [-0.2, -0.15) is 0 Å². The molecule has 1 nitrogen and oxygen atoms in total. The molecule has 0 aromatic carbocycles. The number of hydrogen-bond donors (Lipinski definition) is 0. The van der Waals surface area contributed by atoms with Crippen LogP contribution in [0.25, 0.3) is 0 Å². The molecular formula is C8H9BrIN. The van der Waals surface area contributed by atoms with E-state index in [0.717, 1.165) is 4.47 Å². The summed E-state index contributed by atoms with van der Waals surface area (Å²) in [4.78, 5) is 4.32. The Labute approximate surface area is 88.9 Å². The van der Waals surface area contributed by atoms with E-state index in [1.807, 2.05) is 6.20 Å². The summed E-state index contributed by atoms with van der Waals surface area (Å²) >= 11 is 5.69. The van der Waals surface area contributed by atoms with Gasteiger partial charge in [-0.05, 0) is 50.5 Å². The number of rotatable bonds is 1. The van der Waals surface area contributed by atoms with Crippen molar-refractivity contribution in [3.8, 4) is 0 Å². The van der Waals surface area contributed by atoms with Crippen molar-refractivity contribution in [2.24, 2.45) is 0 Å². The Hall–Kier alpha value is 0.360. The van der Waals surface area contributed by atoms with E-state index >= 15 is 0 Å². The number of pyridine rings is 1. The lowest BCUT2D eigenvalue weighted by Gasteiger charge is -2.06. The maximum Gasteiger partial charge on any atom is 0.0563 e. The van der Waals surface area contributed by atoms with Gasteiger partial charge in [0.2, 0.25) is 0 Å². The third-order valence-electron chi connectivity index (χ3n) is 1.38. The Balaban J connectivity index is 3.09. The standard InChI is InChI=1S/C8H9BrIN/c1-5(2)8-7(10)3-6(9)4-11-8/h3-5H,1-2H3. The second-order valence-electron chi connectivity index (χ2n) is 2.68. The van der Waals surface area contributed by atoms with Gasteiger partial charge < -0.3 is 0 Å². The first-order valence-corrected chi connectivity index (χ1v) is 5.29. The Morgan fingerprint density at radius 3 is 2.64 bits per heavy atom. The zero-order valence-corrected chi connectivity index (χ0v) is 10.2. The second-order valence-corrected chi connectivity index (χ2v) is 4.75. The Bertz CT molecular complexity index is 260. The van der Waals surface area contributed by atoms with E-state index in [4.69, 9.17) is 0 Å². The number of nitrogens with zero attached hydrogens (tertiary/aromatic N) is 1. The zero-order valence-electron chi connectivity index (χ0n) is 6.44. The van der Waals surface area contributed by atoms with Crippen molar-refractivity contribution in [2.75, 3.05) is 0 Å². The summed E-state index contributed by atoms with van der Waals surface area (Å²) in [5, 5.41) is 0. The quantitative estimate of drug-likeness (QED) is 0.719. The van der Waals surface area contributed by atoms with E-state index < -0.39 is 0 Å². The molecule has 11 heavy (non-hydrogen) atoms. The van der Waals surface area contributed by atoms with E-state index in [0.29, 0.717) is 5.92 Å². The van der Waals surface area contributed by atoms with Gasteiger partial charge in [0.1, 0.15) is 0 Å². The molecule has 3 heteroatoms. The van der Waals surface area contributed by atoms with Crippen LogP contribution in [0.1, 0.15) is 25.5 Å². The van der Waals surface area contributed by atoms with E-state index in [1.165, 1.54) is 9.26 Å². The molecule has 0 spiro atoms. The molecule has 0 atom stereocenters. The van der Waals surface area contributed by atoms with Crippen molar-refractivity contribution in [3.05, 3.63) is 26.0 Å². The van der Waals surface area contributed by atoms with Crippen LogP contribution in [0, 0.1) is 3.57 Å². The van der Waals surface area contributed by atoms with Crippen LogP contribution in [0.2, 0.25) is 0 Å². The second kappa shape index (κ2) is 3.85. The molecule has 0 aliphatic heterocycles. The largest absolute Gasteiger partial charge is 0.259 e. The molecule has 0 N–H and O–H groups in total. The molecule has 0 amide bonds. The molecule has 1 aromatic heterocycles. The average molecular weight is 326 g/mol. The van der Waals surface area contributed by atoms with Crippen molar-refractivity contribution in [2.45, 2.75) is 19.8 Å². The zero-order chi connectivity index (χ0) is 8.43. The van der Waals surface area contributed by atoms with Crippen LogP contribution in [0.15, 0.2) is 16.7 Å². The lowest BCUT2D eigenvalue weighted by Crippen LogP contribution is -1.95. The SMILES string of the molecule is CC(C)c1ncc(Br)cc1I. The minimum absolute atomic E-state index is 0.509. The molecule has 0 radical (unpaired) electrons. The summed E-state index contributed by atoms with van der Waals surface area (Å²) in [5.41, 5.74) is 1.17. The average Bonchev–Trinajstić information content (AvgIpc) is 1.85. The van der Waals surface area contributed by atoms with E-state index in [9.17, 15) is 0 Å². The minimum Gasteiger partial charge on any atom is -0.259 e. The van der Waals surface area contributed by atoms with Gasteiger partial charge in [0, 0.05) is 14.2 Å². The highest BCUT2D eigenvalue weighted by molar-refractivity contribution is 14.1. The molecule has 0 bridgehead atoms. The highest BCUT2D eigenvalue weighted by Crippen LogP contribution is 2.21. The smallest absolute Gasteiger partial charge is 0.0563 e. The first kappa shape index (κ1) is 9.45. The van der Waals surface area contributed by atoms with E-state index in [1.54, 1.807) is 0 Å². The molecule has 1 heterocycles. The van der Waals surface area contributed by atoms with Crippen LogP contribution >= 0.6 is 38.5 Å². The van der Waals surface area contributed by atoms with Gasteiger partial charge in [0.15, 0.2) is 0 Å². The van der Waals surface area contributed by atoms with E-state index in [-0.39, 0.29) is 0 Å². The molecule has 1 aromatic rings. The highest BCUT2D eigenvalue weighted by atomic mass is 127. The molecule has 0 aliphatic carbocycles. The number of aromatic nitrogens is 1. The van der Waals surface area contributed by atoms with Crippen LogP contribution in [-0.2, 0) is 0 Å². The van der Waals surface area contributed by atoms with Crippen molar-refractivity contribution in [1.82, 2.24) is 4.98 Å². The van der Waals surface area contributed by atoms with Gasteiger partial charge in [-0.1, -0.05) is 13.8 Å². The Morgan fingerprint density at radius 2 is 2.18 bits per heavy atom. The lowest BCUT2D eigenvalue weighted by atomic mass is 10.1. The van der Waals surface area contributed by atoms with Gasteiger partial charge in [0.25, 0.3) is 0 Å². The Kier molecular flexibility index (Phi) is 3.30. The summed E-state index contributed by atoms with van der Waals surface area (Å²) < 4.78 is 2.28. The predicted octanol–water partition coefficient (Wildman–Crippen LogP) is 3.57. The molecule has 0 aliphatic rings. The van der Waals surface area contributed by atoms with Gasteiger partial charge in [-0.25, -0.2) is 0 Å². The molecule has 0 saturated heterocycles. The molecule has 0 fully saturated rings. The van der Waals surface area contributed by atoms with Crippen molar-refractivity contribution in [1.29, 1.82) is 0 Å². The summed E-state index contributed by atoms with van der Waals surface area (Å²) in [7, 11) is 0. The number of hydrogen-bond acceptors (Lipinski definition) is 1. The van der Waals surface area contributed by atoms with E-state index in [2.05, 4.69) is 63.4 Å². The van der Waals surface area contributed by atoms with Crippen molar-refractivity contribution < 1.29 is 0 Å². The highest BCUT2D eigenvalue weighted by Gasteiger charge is 2.05. The van der Waals surface area contributed by atoms with Crippen LogP contribution in [0.4, 0.5) is 0 Å². The van der Waals surface area contributed by atoms with Gasteiger partial charge in [0.05, 0.1) is 5.69 Å². The Morgan fingerprint density at radius 1 is 1.55 bits per heavy atom. The summed E-state index contributed by atoms with van der Waals surface area (Å²) in [6.45, 7) is 4.30. The first-order valence-electron chi connectivity index (χ1n) is 3.42. The first-order chi connectivity index (χ1) is 5.11.